The molecule has 1 heterocycles. The minimum atomic E-state index is -4.57. The zero-order valence-corrected chi connectivity index (χ0v) is 14.1. The van der Waals surface area contributed by atoms with Crippen molar-refractivity contribution in [3.8, 4) is 6.07 Å². The maximum Gasteiger partial charge on any atom is 0.417 e. The van der Waals surface area contributed by atoms with Gasteiger partial charge in [0.15, 0.2) is 0 Å². The van der Waals surface area contributed by atoms with Crippen molar-refractivity contribution in [1.82, 2.24) is 4.90 Å². The van der Waals surface area contributed by atoms with E-state index in [-0.39, 0.29) is 11.6 Å². The van der Waals surface area contributed by atoms with Crippen molar-refractivity contribution in [2.45, 2.75) is 26.1 Å². The number of nitrogens with one attached hydrogen (secondary N) is 1. The average molecular weight is 351 g/mol. The van der Waals surface area contributed by atoms with Gasteiger partial charge < -0.3 is 9.73 Å². The van der Waals surface area contributed by atoms with E-state index in [0.29, 0.717) is 12.2 Å². The number of likely N-dealkylation sites (N-methyl/N-ethyl adjacent to an activating group) is 1. The second kappa shape index (κ2) is 8.08. The molecule has 1 aromatic heterocycles. The zero-order valence-electron chi connectivity index (χ0n) is 14.1. The lowest BCUT2D eigenvalue weighted by Crippen LogP contribution is -2.33. The van der Waals surface area contributed by atoms with Crippen molar-refractivity contribution < 1.29 is 17.6 Å². The lowest BCUT2D eigenvalue weighted by Gasteiger charge is -2.28. The number of furan rings is 1. The Morgan fingerprint density at radius 1 is 1.24 bits per heavy atom. The van der Waals surface area contributed by atoms with Gasteiger partial charge in [0.05, 0.1) is 29.5 Å². The summed E-state index contributed by atoms with van der Waals surface area (Å²) in [6.45, 7) is 5.99. The molecule has 0 spiro atoms. The van der Waals surface area contributed by atoms with E-state index in [0.717, 1.165) is 24.9 Å². The maximum absolute atomic E-state index is 13.1. The Labute approximate surface area is 144 Å². The maximum atomic E-state index is 13.1. The molecule has 7 heteroatoms. The van der Waals surface area contributed by atoms with Crippen molar-refractivity contribution in [2.75, 3.05) is 25.0 Å². The Hall–Kier alpha value is -2.46. The van der Waals surface area contributed by atoms with Gasteiger partial charge in [-0.25, -0.2) is 0 Å². The van der Waals surface area contributed by atoms with Gasteiger partial charge >= 0.3 is 6.18 Å². The Kier molecular flexibility index (Phi) is 6.10. The fourth-order valence-electron chi connectivity index (χ4n) is 2.76. The van der Waals surface area contributed by atoms with Crippen LogP contribution in [0.1, 0.15) is 36.8 Å². The van der Waals surface area contributed by atoms with Gasteiger partial charge in [-0.1, -0.05) is 13.8 Å². The summed E-state index contributed by atoms with van der Waals surface area (Å²) in [7, 11) is 0. The highest BCUT2D eigenvalue weighted by Crippen LogP contribution is 2.33. The van der Waals surface area contributed by atoms with E-state index in [1.54, 1.807) is 18.4 Å². The summed E-state index contributed by atoms with van der Waals surface area (Å²) in [4.78, 5) is 2.15. The first kappa shape index (κ1) is 18.9. The summed E-state index contributed by atoms with van der Waals surface area (Å²) in [6, 6.07) is 8.76. The van der Waals surface area contributed by atoms with Crippen LogP contribution in [0.3, 0.4) is 0 Å². The van der Waals surface area contributed by atoms with Crippen LogP contribution in [0, 0.1) is 11.3 Å². The predicted molar refractivity (Wildman–Crippen MR) is 89.0 cm³/mol. The molecule has 0 bridgehead atoms. The number of rotatable bonds is 7. The molecule has 134 valence electrons. The zero-order chi connectivity index (χ0) is 18.4. The molecule has 0 radical (unpaired) electrons. The van der Waals surface area contributed by atoms with E-state index in [9.17, 15) is 13.2 Å². The normalized spacial score (nSPS) is 12.8. The third-order valence-electron chi connectivity index (χ3n) is 4.07. The molecule has 2 rings (SSSR count). The van der Waals surface area contributed by atoms with Crippen molar-refractivity contribution >= 4 is 5.69 Å². The van der Waals surface area contributed by atoms with Crippen LogP contribution in [0.15, 0.2) is 41.0 Å². The number of anilines is 1. The van der Waals surface area contributed by atoms with Gasteiger partial charge in [-0.2, -0.15) is 18.4 Å². The van der Waals surface area contributed by atoms with Gasteiger partial charge in [0, 0.05) is 12.2 Å². The van der Waals surface area contributed by atoms with E-state index in [1.807, 2.05) is 19.9 Å². The van der Waals surface area contributed by atoms with Crippen molar-refractivity contribution in [3.63, 3.8) is 0 Å². The van der Waals surface area contributed by atoms with Crippen LogP contribution in [0.2, 0.25) is 0 Å². The van der Waals surface area contributed by atoms with Crippen LogP contribution in [-0.2, 0) is 6.18 Å². The van der Waals surface area contributed by atoms with Gasteiger partial charge in [-0.05, 0) is 43.4 Å². The summed E-state index contributed by atoms with van der Waals surface area (Å²) in [6.07, 6.45) is -2.99. The van der Waals surface area contributed by atoms with Crippen LogP contribution in [-0.4, -0.2) is 24.5 Å². The van der Waals surface area contributed by atoms with Gasteiger partial charge in [0.1, 0.15) is 5.76 Å². The number of hydrogen-bond acceptors (Lipinski definition) is 4. The smallest absolute Gasteiger partial charge is 0.417 e. The fourth-order valence-corrected chi connectivity index (χ4v) is 2.76. The minimum absolute atomic E-state index is 0.102. The molecular formula is C18H20F3N3O. The second-order valence-electron chi connectivity index (χ2n) is 5.50. The van der Waals surface area contributed by atoms with E-state index in [4.69, 9.17) is 9.68 Å². The molecule has 1 N–H and O–H groups in total. The molecule has 0 saturated carbocycles. The monoisotopic (exact) mass is 351 g/mol. The summed E-state index contributed by atoms with van der Waals surface area (Å²) < 4.78 is 44.7. The van der Waals surface area contributed by atoms with Gasteiger partial charge in [0.2, 0.25) is 0 Å². The number of nitrogens with zero attached hydrogens (tertiary/aromatic N) is 2. The molecule has 4 nitrogen and oxygen atoms in total. The highest BCUT2D eigenvalue weighted by atomic mass is 19.4. The topological polar surface area (TPSA) is 52.2 Å². The molecule has 0 aliphatic rings. The lowest BCUT2D eigenvalue weighted by molar-refractivity contribution is -0.137. The quantitative estimate of drug-likeness (QED) is 0.788. The van der Waals surface area contributed by atoms with Crippen LogP contribution < -0.4 is 5.32 Å². The molecule has 0 amide bonds. The molecule has 0 fully saturated rings. The molecule has 1 aromatic carbocycles. The largest absolute Gasteiger partial charge is 0.468 e. The molecular weight excluding hydrogens is 331 g/mol. The number of halogens is 3. The highest BCUT2D eigenvalue weighted by Gasteiger charge is 2.34. The Morgan fingerprint density at radius 2 is 1.96 bits per heavy atom. The Balaban J connectivity index is 2.22. The van der Waals surface area contributed by atoms with Crippen molar-refractivity contribution in [2.24, 2.45) is 0 Å². The first-order valence-electron chi connectivity index (χ1n) is 8.03. The second-order valence-corrected chi connectivity index (χ2v) is 5.50. The summed E-state index contributed by atoms with van der Waals surface area (Å²) in [5.41, 5.74) is -1.00. The lowest BCUT2D eigenvalue weighted by atomic mass is 10.1. The Bertz CT molecular complexity index is 716. The van der Waals surface area contributed by atoms with E-state index >= 15 is 0 Å². The molecule has 2 aromatic rings. The van der Waals surface area contributed by atoms with Gasteiger partial charge in [-0.15, -0.1) is 0 Å². The molecule has 1 unspecified atom stereocenters. The standard InChI is InChI=1S/C18H20F3N3O/c1-3-24(4-2)16(17-6-5-9-25-17)12-23-14-8-7-13(11-22)15(10-14)18(19,20)21/h5-10,16,23H,3-4,12H2,1-2H3. The van der Waals surface area contributed by atoms with E-state index in [2.05, 4.69) is 10.2 Å². The van der Waals surface area contributed by atoms with Gasteiger partial charge in [-0.3, -0.25) is 4.90 Å². The van der Waals surface area contributed by atoms with Crippen LogP contribution in [0.25, 0.3) is 0 Å². The molecule has 0 saturated heterocycles. The number of nitriles is 1. The van der Waals surface area contributed by atoms with E-state index < -0.39 is 11.7 Å². The third kappa shape index (κ3) is 4.54. The molecule has 0 aliphatic carbocycles. The van der Waals surface area contributed by atoms with Crippen LogP contribution >= 0.6 is 0 Å². The third-order valence-corrected chi connectivity index (χ3v) is 4.07. The average Bonchev–Trinajstić information content (AvgIpc) is 3.11. The summed E-state index contributed by atoms with van der Waals surface area (Å²) in [5.74, 6) is 0.751. The predicted octanol–water partition coefficient (Wildman–Crippen LogP) is 4.67. The van der Waals surface area contributed by atoms with Crippen LogP contribution in [0.4, 0.5) is 18.9 Å². The number of benzene rings is 1. The summed E-state index contributed by atoms with van der Waals surface area (Å²) >= 11 is 0. The molecule has 1 atom stereocenters. The van der Waals surface area contributed by atoms with E-state index in [1.165, 1.54) is 12.1 Å². The highest BCUT2D eigenvalue weighted by molar-refractivity contribution is 5.53. The van der Waals surface area contributed by atoms with Gasteiger partial charge in [0.25, 0.3) is 0 Å². The first-order chi connectivity index (χ1) is 11.9. The fraction of sp³-hybridized carbons (Fsp3) is 0.389. The summed E-state index contributed by atoms with van der Waals surface area (Å²) in [5, 5.41) is 11.9. The Morgan fingerprint density at radius 3 is 2.48 bits per heavy atom. The minimum Gasteiger partial charge on any atom is -0.468 e. The van der Waals surface area contributed by atoms with Crippen molar-refractivity contribution in [3.05, 3.63) is 53.5 Å². The number of hydrogen-bond donors (Lipinski definition) is 1. The molecule has 0 aliphatic heterocycles. The number of alkyl halides is 3. The van der Waals surface area contributed by atoms with Crippen LogP contribution in [0.5, 0.6) is 0 Å². The SMILES string of the molecule is CCN(CC)C(CNc1ccc(C#N)c(C(F)(F)F)c1)c1ccco1. The first-order valence-corrected chi connectivity index (χ1v) is 8.03. The molecule has 25 heavy (non-hydrogen) atoms. The van der Waals surface area contributed by atoms with Crippen molar-refractivity contribution in [1.29, 1.82) is 5.26 Å².